The zero-order valence-electron chi connectivity index (χ0n) is 17.0. The fourth-order valence-corrected chi connectivity index (χ4v) is 5.29. The van der Waals surface area contributed by atoms with E-state index in [1.54, 1.807) is 15.5 Å². The summed E-state index contributed by atoms with van der Waals surface area (Å²) in [5.74, 6) is -0.355. The van der Waals surface area contributed by atoms with E-state index in [9.17, 15) is 14.4 Å². The van der Waals surface area contributed by atoms with Crippen molar-refractivity contribution in [3.63, 3.8) is 0 Å². The van der Waals surface area contributed by atoms with Crippen LogP contribution in [0.1, 0.15) is 43.1 Å². The van der Waals surface area contributed by atoms with Crippen LogP contribution in [0, 0.1) is 11.8 Å². The van der Waals surface area contributed by atoms with Crippen molar-refractivity contribution < 1.29 is 19.1 Å². The van der Waals surface area contributed by atoms with Gasteiger partial charge in [0.15, 0.2) is 5.78 Å². The number of ether oxygens (including phenoxy) is 1. The Kier molecular flexibility index (Phi) is 4.81. The number of rotatable bonds is 4. The van der Waals surface area contributed by atoms with E-state index in [-0.39, 0.29) is 42.1 Å². The number of Topliss-reactive ketones (excluding diaryl/α,β-unsaturated/α-hetero) is 1. The van der Waals surface area contributed by atoms with Crippen molar-refractivity contribution in [2.24, 2.45) is 11.8 Å². The highest BCUT2D eigenvalue weighted by atomic mass is 16.5. The van der Waals surface area contributed by atoms with Crippen LogP contribution in [0.25, 0.3) is 5.65 Å². The van der Waals surface area contributed by atoms with Crippen LogP contribution in [-0.4, -0.2) is 63.2 Å². The second-order valence-electron chi connectivity index (χ2n) is 8.72. The van der Waals surface area contributed by atoms with E-state index in [1.165, 1.54) is 6.20 Å². The summed E-state index contributed by atoms with van der Waals surface area (Å²) < 4.78 is 7.35. The van der Waals surface area contributed by atoms with E-state index < -0.39 is 12.1 Å². The second-order valence-corrected chi connectivity index (χ2v) is 8.72. The molecule has 4 atom stereocenters. The van der Waals surface area contributed by atoms with E-state index in [0.29, 0.717) is 17.9 Å². The fourth-order valence-electron chi connectivity index (χ4n) is 5.29. The summed E-state index contributed by atoms with van der Waals surface area (Å²) in [6.07, 6.45) is 6.96. The maximum Gasteiger partial charge on any atom is 0.270 e. The third-order valence-corrected chi connectivity index (χ3v) is 6.80. The number of nitrogens with zero attached hydrogens (tertiary/aromatic N) is 3. The van der Waals surface area contributed by atoms with Gasteiger partial charge in [-0.3, -0.25) is 18.8 Å². The van der Waals surface area contributed by atoms with Crippen LogP contribution in [0.2, 0.25) is 0 Å². The van der Waals surface area contributed by atoms with Gasteiger partial charge in [-0.05, 0) is 30.9 Å². The third-order valence-electron chi connectivity index (χ3n) is 6.80. The minimum absolute atomic E-state index is 0.0454. The van der Waals surface area contributed by atoms with Gasteiger partial charge >= 0.3 is 0 Å². The van der Waals surface area contributed by atoms with Crippen molar-refractivity contribution in [1.29, 1.82) is 0 Å². The maximum absolute atomic E-state index is 13.6. The number of ketones is 1. The molecule has 8 nitrogen and oxygen atoms in total. The predicted molar refractivity (Wildman–Crippen MR) is 108 cm³/mol. The first-order valence-electron chi connectivity index (χ1n) is 10.7. The molecule has 0 radical (unpaired) electrons. The fraction of sp³-hybridized carbons (Fsp3) is 0.545. The van der Waals surface area contributed by atoms with E-state index in [2.05, 4.69) is 10.3 Å². The van der Waals surface area contributed by atoms with Gasteiger partial charge < -0.3 is 15.0 Å². The Morgan fingerprint density at radius 3 is 2.87 bits per heavy atom. The average molecular weight is 410 g/mol. The average Bonchev–Trinajstić information content (AvgIpc) is 3.52. The van der Waals surface area contributed by atoms with E-state index >= 15 is 0 Å². The summed E-state index contributed by atoms with van der Waals surface area (Å²) in [6, 6.07) is 4.36. The molecule has 0 unspecified atom stereocenters. The molecule has 5 rings (SSSR count). The van der Waals surface area contributed by atoms with Gasteiger partial charge in [-0.15, -0.1) is 0 Å². The Hall–Kier alpha value is -2.74. The second kappa shape index (κ2) is 7.50. The van der Waals surface area contributed by atoms with Crippen LogP contribution < -0.4 is 5.32 Å². The lowest BCUT2D eigenvalue weighted by Gasteiger charge is -2.30. The number of hydrogen-bond acceptors (Lipinski definition) is 5. The van der Waals surface area contributed by atoms with Gasteiger partial charge in [0.25, 0.3) is 5.91 Å². The zero-order chi connectivity index (χ0) is 20.8. The Balaban J connectivity index is 1.42. The molecule has 3 fully saturated rings. The quantitative estimate of drug-likeness (QED) is 0.823. The van der Waals surface area contributed by atoms with Crippen molar-refractivity contribution in [3.8, 4) is 0 Å². The Morgan fingerprint density at radius 2 is 2.07 bits per heavy atom. The van der Waals surface area contributed by atoms with Gasteiger partial charge in [-0.25, -0.2) is 4.98 Å². The molecule has 0 aromatic carbocycles. The summed E-state index contributed by atoms with van der Waals surface area (Å²) in [5, 5.41) is 3.00. The van der Waals surface area contributed by atoms with Crippen molar-refractivity contribution in [3.05, 3.63) is 36.3 Å². The van der Waals surface area contributed by atoms with Crippen LogP contribution in [0.15, 0.2) is 30.6 Å². The monoisotopic (exact) mass is 410 g/mol. The first kappa shape index (κ1) is 19.2. The van der Waals surface area contributed by atoms with E-state index in [1.807, 2.05) is 25.1 Å². The molecule has 1 aliphatic carbocycles. The topological polar surface area (TPSA) is 93.0 Å². The molecule has 1 saturated carbocycles. The molecular formula is C22H26N4O4. The van der Waals surface area contributed by atoms with Crippen LogP contribution in [0.5, 0.6) is 0 Å². The number of aromatic nitrogens is 2. The van der Waals surface area contributed by atoms with Crippen molar-refractivity contribution in [2.75, 3.05) is 13.2 Å². The Labute approximate surface area is 174 Å². The number of carbonyl (C=O) groups is 3. The molecule has 3 aliphatic rings. The molecule has 158 valence electrons. The first-order valence-corrected chi connectivity index (χ1v) is 10.7. The number of amides is 2. The standard InChI is InChI=1S/C22H26N4O4/c1-13-11-26(19-16(27)12-30-20(13)19)22(29)18(14-6-2-3-7-14)24-21(28)15-10-23-17-8-4-5-9-25(15)17/h4-5,8-10,13-14,18-20H,2-3,6-7,11-12H2,1H3,(H,24,28)/t13-,18-,19+,20+/m0/s1. The molecular weight excluding hydrogens is 384 g/mol. The molecule has 2 aliphatic heterocycles. The lowest BCUT2D eigenvalue weighted by Crippen LogP contribution is -2.54. The molecule has 4 heterocycles. The number of hydrogen-bond donors (Lipinski definition) is 1. The summed E-state index contributed by atoms with van der Waals surface area (Å²) in [6.45, 7) is 2.55. The van der Waals surface area contributed by atoms with Gasteiger partial charge in [0.1, 0.15) is 30.0 Å². The number of likely N-dealkylation sites (tertiary alicyclic amines) is 1. The highest BCUT2D eigenvalue weighted by Gasteiger charge is 2.52. The molecule has 2 saturated heterocycles. The highest BCUT2D eigenvalue weighted by molar-refractivity contribution is 5.99. The molecule has 2 aromatic heterocycles. The predicted octanol–water partition coefficient (Wildman–Crippen LogP) is 1.44. The van der Waals surface area contributed by atoms with E-state index in [4.69, 9.17) is 4.74 Å². The van der Waals surface area contributed by atoms with E-state index in [0.717, 1.165) is 25.7 Å². The summed E-state index contributed by atoms with van der Waals surface area (Å²) in [4.78, 5) is 45.1. The number of fused-ring (bicyclic) bond motifs is 2. The van der Waals surface area contributed by atoms with Gasteiger partial charge in [-0.1, -0.05) is 25.8 Å². The van der Waals surface area contributed by atoms with Crippen LogP contribution >= 0.6 is 0 Å². The van der Waals surface area contributed by atoms with Gasteiger partial charge in [0.2, 0.25) is 5.91 Å². The number of carbonyl (C=O) groups excluding carboxylic acids is 3. The molecule has 8 heteroatoms. The van der Waals surface area contributed by atoms with Gasteiger partial charge in [-0.2, -0.15) is 0 Å². The maximum atomic E-state index is 13.6. The van der Waals surface area contributed by atoms with Crippen molar-refractivity contribution in [1.82, 2.24) is 19.6 Å². The molecule has 1 N–H and O–H groups in total. The smallest absolute Gasteiger partial charge is 0.270 e. The molecule has 2 aromatic rings. The Morgan fingerprint density at radius 1 is 1.27 bits per heavy atom. The normalized spacial score (nSPS) is 27.6. The largest absolute Gasteiger partial charge is 0.367 e. The van der Waals surface area contributed by atoms with Crippen LogP contribution in [0.4, 0.5) is 0 Å². The molecule has 2 amide bonds. The molecule has 30 heavy (non-hydrogen) atoms. The van der Waals surface area contributed by atoms with Crippen molar-refractivity contribution >= 4 is 23.2 Å². The number of pyridine rings is 1. The third kappa shape index (κ3) is 3.10. The highest BCUT2D eigenvalue weighted by Crippen LogP contribution is 2.34. The van der Waals surface area contributed by atoms with Gasteiger partial charge in [0, 0.05) is 18.7 Å². The number of imidazole rings is 1. The summed E-state index contributed by atoms with van der Waals surface area (Å²) in [7, 11) is 0. The lowest BCUT2D eigenvalue weighted by molar-refractivity contribution is -0.139. The first-order chi connectivity index (χ1) is 14.5. The molecule has 0 spiro atoms. The van der Waals surface area contributed by atoms with Crippen LogP contribution in [0.3, 0.4) is 0 Å². The zero-order valence-corrected chi connectivity index (χ0v) is 17.0. The lowest BCUT2D eigenvalue weighted by atomic mass is 9.96. The summed E-state index contributed by atoms with van der Waals surface area (Å²) >= 11 is 0. The van der Waals surface area contributed by atoms with Crippen LogP contribution in [-0.2, 0) is 14.3 Å². The summed E-state index contributed by atoms with van der Waals surface area (Å²) in [5.41, 5.74) is 1.07. The SMILES string of the molecule is C[C@H]1CN(C(=O)[C@@H](NC(=O)c2cnc3ccccn23)C2CCCC2)[C@@H]2C(=O)CO[C@@H]21. The Bertz CT molecular complexity index is 996. The molecule has 0 bridgehead atoms. The van der Waals surface area contributed by atoms with Gasteiger partial charge in [0.05, 0.1) is 12.3 Å². The van der Waals surface area contributed by atoms with Crippen molar-refractivity contribution in [2.45, 2.75) is 50.8 Å². The number of nitrogens with one attached hydrogen (secondary N) is 1. The minimum atomic E-state index is -0.645. The minimum Gasteiger partial charge on any atom is -0.367 e.